The van der Waals surface area contributed by atoms with E-state index in [1.54, 1.807) is 0 Å². The zero-order valence-corrected chi connectivity index (χ0v) is 16.2. The SMILES string of the molecule is CC[C@@H](C)c1ccc(NC(=O)COC(=O)[C@H](CCSC)NC(N)=O)cc1. The minimum Gasteiger partial charge on any atom is -0.454 e. The lowest BCUT2D eigenvalue weighted by Crippen LogP contribution is -2.45. The van der Waals surface area contributed by atoms with Crippen molar-refractivity contribution in [3.8, 4) is 0 Å². The molecule has 0 aliphatic carbocycles. The molecule has 0 saturated carbocycles. The summed E-state index contributed by atoms with van der Waals surface area (Å²) >= 11 is 1.53. The van der Waals surface area contributed by atoms with E-state index < -0.39 is 30.6 Å². The Bertz CT molecular complexity index is 607. The molecule has 4 N–H and O–H groups in total. The highest BCUT2D eigenvalue weighted by molar-refractivity contribution is 7.98. The van der Waals surface area contributed by atoms with E-state index in [1.807, 2.05) is 30.5 Å². The molecule has 0 spiro atoms. The summed E-state index contributed by atoms with van der Waals surface area (Å²) in [5, 5.41) is 5.00. The number of primary amides is 1. The molecule has 0 fully saturated rings. The van der Waals surface area contributed by atoms with Crippen LogP contribution in [0.1, 0.15) is 38.2 Å². The predicted molar refractivity (Wildman–Crippen MR) is 104 cm³/mol. The molecule has 26 heavy (non-hydrogen) atoms. The first kappa shape index (κ1) is 21.8. The highest BCUT2D eigenvalue weighted by atomic mass is 32.2. The quantitative estimate of drug-likeness (QED) is 0.539. The number of hydrogen-bond donors (Lipinski definition) is 3. The van der Waals surface area contributed by atoms with E-state index in [-0.39, 0.29) is 0 Å². The Morgan fingerprint density at radius 2 is 1.88 bits per heavy atom. The molecule has 0 unspecified atom stereocenters. The topological polar surface area (TPSA) is 111 Å². The number of nitrogens with one attached hydrogen (secondary N) is 2. The summed E-state index contributed by atoms with van der Waals surface area (Å²) in [7, 11) is 0. The highest BCUT2D eigenvalue weighted by Crippen LogP contribution is 2.20. The number of esters is 1. The smallest absolute Gasteiger partial charge is 0.329 e. The van der Waals surface area contributed by atoms with Crippen LogP contribution in [-0.4, -0.2) is 42.6 Å². The molecule has 1 rings (SSSR count). The predicted octanol–water partition coefficient (Wildman–Crippen LogP) is 2.47. The second-order valence-corrected chi connectivity index (χ2v) is 6.92. The van der Waals surface area contributed by atoms with Gasteiger partial charge >= 0.3 is 12.0 Å². The number of thioether (sulfide) groups is 1. The number of benzene rings is 1. The van der Waals surface area contributed by atoms with Crippen LogP contribution in [0.3, 0.4) is 0 Å². The van der Waals surface area contributed by atoms with Crippen LogP contribution in [-0.2, 0) is 14.3 Å². The summed E-state index contributed by atoms with van der Waals surface area (Å²) in [5.41, 5.74) is 6.89. The fraction of sp³-hybridized carbons (Fsp3) is 0.500. The number of carbonyl (C=O) groups is 3. The lowest BCUT2D eigenvalue weighted by molar-refractivity contribution is -0.149. The normalized spacial score (nSPS) is 12.7. The van der Waals surface area contributed by atoms with Crippen molar-refractivity contribution in [2.24, 2.45) is 5.73 Å². The number of amides is 3. The molecule has 0 saturated heterocycles. The summed E-state index contributed by atoms with van der Waals surface area (Å²) in [4.78, 5) is 34.9. The molecule has 0 aromatic heterocycles. The zero-order chi connectivity index (χ0) is 19.5. The lowest BCUT2D eigenvalue weighted by Gasteiger charge is -2.16. The first-order valence-corrected chi connectivity index (χ1v) is 9.88. The van der Waals surface area contributed by atoms with Gasteiger partial charge in [-0.1, -0.05) is 26.0 Å². The van der Waals surface area contributed by atoms with Gasteiger partial charge in [-0.2, -0.15) is 11.8 Å². The van der Waals surface area contributed by atoms with E-state index in [0.717, 1.165) is 6.42 Å². The van der Waals surface area contributed by atoms with Crippen molar-refractivity contribution < 1.29 is 19.1 Å². The number of ether oxygens (including phenoxy) is 1. The molecule has 7 nitrogen and oxygen atoms in total. The molecule has 2 atom stereocenters. The van der Waals surface area contributed by atoms with Crippen LogP contribution in [0, 0.1) is 0 Å². The molecule has 0 aliphatic heterocycles. The third-order valence-electron chi connectivity index (χ3n) is 3.93. The fourth-order valence-electron chi connectivity index (χ4n) is 2.22. The van der Waals surface area contributed by atoms with Gasteiger partial charge in [0.15, 0.2) is 6.61 Å². The summed E-state index contributed by atoms with van der Waals surface area (Å²) in [6, 6.07) is 5.89. The monoisotopic (exact) mass is 381 g/mol. The van der Waals surface area contributed by atoms with E-state index in [0.29, 0.717) is 23.8 Å². The molecule has 1 aromatic rings. The molecular formula is C18H27N3O4S. The Labute approximate surface area is 158 Å². The van der Waals surface area contributed by atoms with Crippen molar-refractivity contribution in [2.45, 2.75) is 38.6 Å². The number of nitrogens with two attached hydrogens (primary N) is 1. The molecule has 144 valence electrons. The molecule has 3 amide bonds. The number of rotatable bonds is 10. The van der Waals surface area contributed by atoms with Crippen molar-refractivity contribution in [2.75, 3.05) is 23.9 Å². The average Bonchev–Trinajstić information content (AvgIpc) is 2.62. The van der Waals surface area contributed by atoms with Crippen LogP contribution in [0.2, 0.25) is 0 Å². The van der Waals surface area contributed by atoms with Gasteiger partial charge in [-0.05, 0) is 48.5 Å². The maximum Gasteiger partial charge on any atom is 0.329 e. The number of anilines is 1. The van der Waals surface area contributed by atoms with Crippen molar-refractivity contribution in [1.29, 1.82) is 0 Å². The second-order valence-electron chi connectivity index (χ2n) is 5.93. The summed E-state index contributed by atoms with van der Waals surface area (Å²) in [6.45, 7) is 3.83. The third kappa shape index (κ3) is 7.77. The first-order chi connectivity index (χ1) is 12.4. The van der Waals surface area contributed by atoms with Crippen molar-refractivity contribution >= 4 is 35.4 Å². The molecule has 1 aromatic carbocycles. The zero-order valence-electron chi connectivity index (χ0n) is 15.4. The lowest BCUT2D eigenvalue weighted by atomic mass is 9.99. The highest BCUT2D eigenvalue weighted by Gasteiger charge is 2.21. The van der Waals surface area contributed by atoms with E-state index >= 15 is 0 Å². The number of urea groups is 1. The standard InChI is InChI=1S/C18H27N3O4S/c1-4-12(2)13-5-7-14(8-6-13)20-16(22)11-25-17(23)15(9-10-26-3)21-18(19)24/h5-8,12,15H,4,9-11H2,1-3H3,(H,20,22)(H3,19,21,24)/t12-,15+/m1/s1. The van der Waals surface area contributed by atoms with Gasteiger partial charge in [0.05, 0.1) is 0 Å². The van der Waals surface area contributed by atoms with E-state index in [4.69, 9.17) is 10.5 Å². The van der Waals surface area contributed by atoms with Crippen LogP contribution >= 0.6 is 11.8 Å². The minimum absolute atomic E-state index is 0.377. The number of hydrogen-bond acceptors (Lipinski definition) is 5. The minimum atomic E-state index is -0.859. The van der Waals surface area contributed by atoms with Gasteiger partial charge in [-0.15, -0.1) is 0 Å². The molecule has 0 bridgehead atoms. The van der Waals surface area contributed by atoms with Gasteiger partial charge < -0.3 is 21.1 Å². The van der Waals surface area contributed by atoms with Crippen LogP contribution in [0.4, 0.5) is 10.5 Å². The van der Waals surface area contributed by atoms with Gasteiger partial charge in [0, 0.05) is 5.69 Å². The molecule has 0 aliphatic rings. The van der Waals surface area contributed by atoms with Crippen LogP contribution in [0.25, 0.3) is 0 Å². The Balaban J connectivity index is 2.51. The Kier molecular flexibility index (Phi) is 9.57. The fourth-order valence-corrected chi connectivity index (χ4v) is 2.69. The Hall–Kier alpha value is -2.22. The van der Waals surface area contributed by atoms with Crippen LogP contribution in [0.5, 0.6) is 0 Å². The second kappa shape index (κ2) is 11.4. The van der Waals surface area contributed by atoms with Crippen molar-refractivity contribution in [3.05, 3.63) is 29.8 Å². The van der Waals surface area contributed by atoms with E-state index in [9.17, 15) is 14.4 Å². The number of carbonyl (C=O) groups excluding carboxylic acids is 3. The van der Waals surface area contributed by atoms with Crippen LogP contribution in [0.15, 0.2) is 24.3 Å². The molecule has 0 heterocycles. The van der Waals surface area contributed by atoms with Crippen molar-refractivity contribution in [3.63, 3.8) is 0 Å². The van der Waals surface area contributed by atoms with Crippen molar-refractivity contribution in [1.82, 2.24) is 5.32 Å². The van der Waals surface area contributed by atoms with E-state index in [2.05, 4.69) is 24.5 Å². The maximum atomic E-state index is 12.0. The summed E-state index contributed by atoms with van der Waals surface area (Å²) in [5.74, 6) is -0.0245. The Morgan fingerprint density at radius 1 is 1.23 bits per heavy atom. The maximum absolute atomic E-state index is 12.0. The Morgan fingerprint density at radius 3 is 2.42 bits per heavy atom. The molecule has 8 heteroatoms. The largest absolute Gasteiger partial charge is 0.454 e. The van der Waals surface area contributed by atoms with Gasteiger partial charge in [-0.3, -0.25) is 4.79 Å². The summed E-state index contributed by atoms with van der Waals surface area (Å²) in [6.07, 6.45) is 3.30. The molecule has 0 radical (unpaired) electrons. The van der Waals surface area contributed by atoms with E-state index in [1.165, 1.54) is 17.3 Å². The molecular weight excluding hydrogens is 354 g/mol. The summed E-state index contributed by atoms with van der Waals surface area (Å²) < 4.78 is 4.98. The van der Waals surface area contributed by atoms with Gasteiger partial charge in [0.1, 0.15) is 6.04 Å². The van der Waals surface area contributed by atoms with Gasteiger partial charge in [0.2, 0.25) is 0 Å². The average molecular weight is 381 g/mol. The third-order valence-corrected chi connectivity index (χ3v) is 4.58. The van der Waals surface area contributed by atoms with Gasteiger partial charge in [0.25, 0.3) is 5.91 Å². The van der Waals surface area contributed by atoms with Crippen LogP contribution < -0.4 is 16.4 Å². The van der Waals surface area contributed by atoms with Gasteiger partial charge in [-0.25, -0.2) is 9.59 Å². The first-order valence-electron chi connectivity index (χ1n) is 8.48.